The predicted octanol–water partition coefficient (Wildman–Crippen LogP) is 1.90. The molecule has 3 aliphatic rings. The lowest BCUT2D eigenvalue weighted by Gasteiger charge is -2.53. The van der Waals surface area contributed by atoms with Crippen LogP contribution < -0.4 is 5.32 Å². The van der Waals surface area contributed by atoms with E-state index in [2.05, 4.69) is 5.32 Å². The minimum Gasteiger partial charge on any atom is -0.508 e. The number of nitrogens with one attached hydrogen (secondary N) is 1. The highest BCUT2D eigenvalue weighted by Gasteiger charge is 2.65. The zero-order chi connectivity index (χ0) is 27.0. The topological polar surface area (TPSA) is 119 Å². The smallest absolute Gasteiger partial charge is 0.255 e. The molecule has 5 atom stereocenters. The van der Waals surface area contributed by atoms with Crippen molar-refractivity contribution in [2.45, 2.75) is 49.7 Å². The quantitative estimate of drug-likeness (QED) is 0.439. The van der Waals surface area contributed by atoms with Crippen LogP contribution >= 0.6 is 11.8 Å². The summed E-state index contributed by atoms with van der Waals surface area (Å²) in [6.45, 7) is 5.53. The molecule has 3 saturated heterocycles. The molecule has 5 rings (SSSR count). The zero-order valence-electron chi connectivity index (χ0n) is 21.5. The molecule has 0 saturated carbocycles. The second kappa shape index (κ2) is 10.6. The first-order chi connectivity index (χ1) is 18.2. The fourth-order valence-corrected chi connectivity index (χ4v) is 6.93. The van der Waals surface area contributed by atoms with Gasteiger partial charge < -0.3 is 30.1 Å². The van der Waals surface area contributed by atoms with Gasteiger partial charge in [-0.1, -0.05) is 36.4 Å². The number of carbonyl (C=O) groups excluding carboxylic acids is 3. The second-order valence-electron chi connectivity index (χ2n) is 10.4. The van der Waals surface area contributed by atoms with Crippen molar-refractivity contribution in [1.82, 2.24) is 15.1 Å². The third-order valence-corrected chi connectivity index (χ3v) is 9.33. The van der Waals surface area contributed by atoms with Gasteiger partial charge in [0.1, 0.15) is 16.7 Å². The largest absolute Gasteiger partial charge is 0.508 e. The number of rotatable bonds is 8. The summed E-state index contributed by atoms with van der Waals surface area (Å²) in [6, 6.07) is 12.3. The van der Waals surface area contributed by atoms with E-state index < -0.39 is 34.9 Å². The number of nitrogens with zero attached hydrogens (tertiary/aromatic N) is 2. The first-order valence-corrected chi connectivity index (χ1v) is 13.8. The molecule has 2 unspecified atom stereocenters. The standard InChI is InChI=1S/C28H33N3O6S/c1-17-20(9-6-10-22(17)32)25(34)29-21(13-18-7-4-3-5-8-18)23(33)26(35)30-16-38-28(2)24(30)27(36)31(28)14-19-11-12-37-15-19/h3-10,19,21,23-24,32-33H,11-16H2,1-2H3,(H,29,34)/t19?,21-,23-,24+,28?/m0/s1. The number of β-lactam (4-membered cyclic amide) rings is 1. The lowest BCUT2D eigenvalue weighted by molar-refractivity contribution is -0.168. The molecule has 10 heteroatoms. The third kappa shape index (κ3) is 4.76. The van der Waals surface area contributed by atoms with Crippen LogP contribution in [0.3, 0.4) is 0 Å². The van der Waals surface area contributed by atoms with Gasteiger partial charge in [-0.15, -0.1) is 11.8 Å². The number of likely N-dealkylation sites (tertiary alicyclic amines) is 1. The van der Waals surface area contributed by atoms with Gasteiger partial charge in [-0.25, -0.2) is 0 Å². The van der Waals surface area contributed by atoms with E-state index >= 15 is 0 Å². The Kier molecular flexibility index (Phi) is 7.39. The van der Waals surface area contributed by atoms with Crippen LogP contribution in [0.1, 0.15) is 34.8 Å². The molecule has 0 bridgehead atoms. The van der Waals surface area contributed by atoms with Crippen molar-refractivity contribution in [3.05, 3.63) is 65.2 Å². The Morgan fingerprint density at radius 3 is 2.68 bits per heavy atom. The maximum absolute atomic E-state index is 13.6. The highest BCUT2D eigenvalue weighted by atomic mass is 32.2. The van der Waals surface area contributed by atoms with Crippen LogP contribution in [0.15, 0.2) is 48.5 Å². The molecular weight excluding hydrogens is 506 g/mol. The molecule has 9 nitrogen and oxygen atoms in total. The maximum Gasteiger partial charge on any atom is 0.255 e. The molecule has 3 fully saturated rings. The number of phenols is 1. The number of carbonyl (C=O) groups is 3. The van der Waals surface area contributed by atoms with Crippen molar-refractivity contribution in [3.8, 4) is 5.75 Å². The van der Waals surface area contributed by atoms with Crippen molar-refractivity contribution in [3.63, 3.8) is 0 Å². The molecule has 0 aromatic heterocycles. The van der Waals surface area contributed by atoms with Crippen LogP contribution in [0.5, 0.6) is 5.75 Å². The fraction of sp³-hybridized carbons (Fsp3) is 0.464. The molecule has 3 heterocycles. The third-order valence-electron chi connectivity index (χ3n) is 7.90. The van der Waals surface area contributed by atoms with E-state index in [0.717, 1.165) is 12.0 Å². The van der Waals surface area contributed by atoms with Crippen molar-refractivity contribution in [2.24, 2.45) is 5.92 Å². The highest BCUT2D eigenvalue weighted by molar-refractivity contribution is 8.01. The Bertz CT molecular complexity index is 1220. The Balaban J connectivity index is 1.33. The number of aliphatic hydroxyl groups excluding tert-OH is 1. The monoisotopic (exact) mass is 539 g/mol. The average molecular weight is 540 g/mol. The predicted molar refractivity (Wildman–Crippen MR) is 142 cm³/mol. The number of phenolic OH excluding ortho intramolecular Hbond substituents is 1. The summed E-state index contributed by atoms with van der Waals surface area (Å²) in [5, 5.41) is 24.2. The number of thioether (sulfide) groups is 1. The minimum absolute atomic E-state index is 0.0144. The van der Waals surface area contributed by atoms with E-state index in [0.29, 0.717) is 31.2 Å². The molecule has 0 spiro atoms. The molecular formula is C28H33N3O6S. The molecule has 3 amide bonds. The first-order valence-electron chi connectivity index (χ1n) is 12.9. The summed E-state index contributed by atoms with van der Waals surface area (Å²) >= 11 is 1.52. The molecule has 3 N–H and O–H groups in total. The summed E-state index contributed by atoms with van der Waals surface area (Å²) < 4.78 is 5.46. The second-order valence-corrected chi connectivity index (χ2v) is 11.8. The van der Waals surface area contributed by atoms with Gasteiger partial charge in [-0.3, -0.25) is 14.4 Å². The van der Waals surface area contributed by atoms with Crippen LogP contribution in [0, 0.1) is 12.8 Å². The summed E-state index contributed by atoms with van der Waals surface area (Å²) in [4.78, 5) is 42.7. The average Bonchev–Trinajstić information content (AvgIpc) is 3.54. The fourth-order valence-electron chi connectivity index (χ4n) is 5.55. The molecule has 2 aromatic rings. The van der Waals surface area contributed by atoms with Gasteiger partial charge >= 0.3 is 0 Å². The summed E-state index contributed by atoms with van der Waals surface area (Å²) in [7, 11) is 0. The molecule has 0 aliphatic carbocycles. The van der Waals surface area contributed by atoms with Crippen molar-refractivity contribution >= 4 is 29.5 Å². The molecule has 202 valence electrons. The van der Waals surface area contributed by atoms with Gasteiger partial charge in [-0.2, -0.15) is 0 Å². The normalized spacial score (nSPS) is 26.0. The van der Waals surface area contributed by atoms with Crippen molar-refractivity contribution in [2.75, 3.05) is 25.6 Å². The molecule has 38 heavy (non-hydrogen) atoms. The minimum atomic E-state index is -1.56. The lowest BCUT2D eigenvalue weighted by atomic mass is 9.91. The first kappa shape index (κ1) is 26.5. The number of hydrogen-bond acceptors (Lipinski definition) is 7. The van der Waals surface area contributed by atoms with E-state index in [1.54, 1.807) is 19.1 Å². The number of aliphatic hydroxyl groups is 1. The van der Waals surface area contributed by atoms with Gasteiger partial charge in [0.25, 0.3) is 11.8 Å². The highest BCUT2D eigenvalue weighted by Crippen LogP contribution is 2.51. The molecule has 2 aromatic carbocycles. The number of benzene rings is 2. The van der Waals surface area contributed by atoms with Gasteiger partial charge in [0.2, 0.25) is 5.91 Å². The van der Waals surface area contributed by atoms with E-state index in [1.807, 2.05) is 42.2 Å². The van der Waals surface area contributed by atoms with E-state index in [4.69, 9.17) is 4.74 Å². The van der Waals surface area contributed by atoms with E-state index in [1.165, 1.54) is 22.7 Å². The summed E-state index contributed by atoms with van der Waals surface area (Å²) in [6.07, 6.45) is -0.442. The Labute approximate surface area is 226 Å². The van der Waals surface area contributed by atoms with Crippen molar-refractivity contribution < 1.29 is 29.3 Å². The number of fused-ring (bicyclic) bond motifs is 1. The molecule has 3 aliphatic heterocycles. The van der Waals surface area contributed by atoms with Crippen LogP contribution in [0.2, 0.25) is 0 Å². The van der Waals surface area contributed by atoms with Crippen LogP contribution in [0.4, 0.5) is 0 Å². The maximum atomic E-state index is 13.6. The lowest BCUT2D eigenvalue weighted by Crippen LogP contribution is -2.74. The Morgan fingerprint density at radius 2 is 1.97 bits per heavy atom. The van der Waals surface area contributed by atoms with E-state index in [9.17, 15) is 24.6 Å². The van der Waals surface area contributed by atoms with E-state index in [-0.39, 0.29) is 29.5 Å². The zero-order valence-corrected chi connectivity index (χ0v) is 22.3. The van der Waals surface area contributed by atoms with Gasteiger partial charge in [0.05, 0.1) is 18.5 Å². The van der Waals surface area contributed by atoms with Gasteiger partial charge in [-0.05, 0) is 44.4 Å². The van der Waals surface area contributed by atoms with Gasteiger partial charge in [0.15, 0.2) is 6.10 Å². The summed E-state index contributed by atoms with van der Waals surface area (Å²) in [5.41, 5.74) is 1.50. The van der Waals surface area contributed by atoms with Crippen LogP contribution in [0.25, 0.3) is 0 Å². The Morgan fingerprint density at radius 1 is 1.21 bits per heavy atom. The SMILES string of the molecule is Cc1c(O)cccc1C(=O)N[C@@H](Cc1ccccc1)[C@H](O)C(=O)N1CSC2(C)[C@H]1C(=O)N2CC1CCOC1. The van der Waals surface area contributed by atoms with Crippen LogP contribution in [-0.2, 0) is 20.7 Å². The molecule has 0 radical (unpaired) electrons. The number of ether oxygens (including phenoxy) is 1. The van der Waals surface area contributed by atoms with Crippen molar-refractivity contribution in [1.29, 1.82) is 0 Å². The van der Waals surface area contributed by atoms with Gasteiger partial charge in [0, 0.05) is 30.2 Å². The number of aromatic hydroxyl groups is 1. The number of amides is 3. The Hall–Kier alpha value is -3.08. The number of hydrogen-bond donors (Lipinski definition) is 3. The summed E-state index contributed by atoms with van der Waals surface area (Å²) in [5.74, 6) is -0.658. The van der Waals surface area contributed by atoms with Crippen LogP contribution in [-0.4, -0.2) is 86.4 Å².